The zero-order valence-corrected chi connectivity index (χ0v) is 20.0. The fourth-order valence-corrected chi connectivity index (χ4v) is 6.49. The van der Waals surface area contributed by atoms with Gasteiger partial charge in [-0.2, -0.15) is 0 Å². The van der Waals surface area contributed by atoms with Crippen LogP contribution in [0.3, 0.4) is 0 Å². The van der Waals surface area contributed by atoms with E-state index in [1.807, 2.05) is 48.5 Å². The lowest BCUT2D eigenvalue weighted by Gasteiger charge is -2.08. The topological polar surface area (TPSA) is 43.4 Å². The third kappa shape index (κ3) is 4.13. The number of rotatable bonds is 6. The molecule has 1 heterocycles. The predicted molar refractivity (Wildman–Crippen MR) is 142 cm³/mol. The van der Waals surface area contributed by atoms with Gasteiger partial charge in [-0.25, -0.2) is 0 Å². The van der Waals surface area contributed by atoms with Crippen LogP contribution in [0.1, 0.15) is 35.3 Å². The Morgan fingerprint density at radius 1 is 0.794 bits per heavy atom. The highest BCUT2D eigenvalue weighted by Gasteiger charge is 2.23. The summed E-state index contributed by atoms with van der Waals surface area (Å²) in [6.07, 6.45) is 1.03. The Morgan fingerprint density at radius 2 is 1.47 bits per heavy atom. The largest absolute Gasteiger partial charge is 0.489 e. The minimum atomic E-state index is -0.440. The molecule has 0 saturated heterocycles. The summed E-state index contributed by atoms with van der Waals surface area (Å²) in [6.45, 7) is 4.19. The van der Waals surface area contributed by atoms with E-state index in [-0.39, 0.29) is 11.2 Å². The van der Waals surface area contributed by atoms with E-state index in [0.717, 1.165) is 32.0 Å². The number of fused-ring (bicyclic) bond motifs is 2. The van der Waals surface area contributed by atoms with E-state index in [9.17, 15) is 9.59 Å². The molecule has 4 heteroatoms. The highest BCUT2D eigenvalue weighted by atomic mass is 32.2. The van der Waals surface area contributed by atoms with Crippen LogP contribution >= 0.6 is 10.5 Å². The van der Waals surface area contributed by atoms with Crippen molar-refractivity contribution in [1.82, 2.24) is 0 Å². The van der Waals surface area contributed by atoms with Gasteiger partial charge in [-0.15, -0.1) is 0 Å². The highest BCUT2D eigenvalue weighted by Crippen LogP contribution is 2.43. The number of carbonyl (C=O) groups is 1. The van der Waals surface area contributed by atoms with Gasteiger partial charge in [-0.3, -0.25) is 9.59 Å². The molecule has 3 nitrogen and oxygen atoms in total. The second-order valence-corrected chi connectivity index (χ2v) is 10.3. The molecular weight excluding hydrogens is 440 g/mol. The summed E-state index contributed by atoms with van der Waals surface area (Å²) in [5.41, 5.74) is 2.99. The van der Waals surface area contributed by atoms with Crippen LogP contribution in [0.25, 0.3) is 25.1 Å². The minimum absolute atomic E-state index is 0.0218. The number of hydrogen-bond acceptors (Lipinski definition) is 3. The number of hydrogen-bond donors (Lipinski definition) is 0. The van der Waals surface area contributed by atoms with E-state index in [0.29, 0.717) is 22.9 Å². The van der Waals surface area contributed by atoms with Crippen molar-refractivity contribution in [3.05, 3.63) is 118 Å². The molecule has 0 spiro atoms. The van der Waals surface area contributed by atoms with Crippen LogP contribution in [0.4, 0.5) is 0 Å². The van der Waals surface area contributed by atoms with E-state index in [2.05, 4.69) is 43.3 Å². The van der Waals surface area contributed by atoms with Crippen LogP contribution in [0, 0.1) is 0 Å². The summed E-state index contributed by atoms with van der Waals surface area (Å²) in [5, 5.41) is 1.32. The normalized spacial score (nSPS) is 11.6. The summed E-state index contributed by atoms with van der Waals surface area (Å²) >= 11 is 0. The van der Waals surface area contributed by atoms with Gasteiger partial charge in [0.05, 0.1) is 10.8 Å². The van der Waals surface area contributed by atoms with Gasteiger partial charge in [-0.05, 0) is 66.9 Å². The zero-order valence-electron chi connectivity index (χ0n) is 19.2. The monoisotopic (exact) mass is 465 g/mol. The Hall–Kier alpha value is -3.76. The van der Waals surface area contributed by atoms with Crippen molar-refractivity contribution in [2.24, 2.45) is 0 Å². The van der Waals surface area contributed by atoms with E-state index in [1.165, 1.54) is 12.5 Å². The summed E-state index contributed by atoms with van der Waals surface area (Å²) in [6, 6.07) is 29.9. The van der Waals surface area contributed by atoms with Gasteiger partial charge in [0.2, 0.25) is 5.43 Å². The van der Waals surface area contributed by atoms with Gasteiger partial charge in [0, 0.05) is 28.2 Å². The molecule has 0 aliphatic rings. The molecule has 1 unspecified atom stereocenters. The van der Waals surface area contributed by atoms with E-state index in [1.54, 1.807) is 6.07 Å². The van der Waals surface area contributed by atoms with Crippen molar-refractivity contribution in [2.75, 3.05) is 0 Å². The van der Waals surface area contributed by atoms with Gasteiger partial charge >= 0.3 is 0 Å². The standard InChI is InChI=1S/C30H25O3S/c1-3-21-8-10-22(11-9-21)19-33-24-13-15-25(16-14-24)34-28-7-5-4-6-26(28)30(32)27-18-23(20(2)31)12-17-29(27)34/h4-18H,3,19H2,1-2H3/q+1. The first-order chi connectivity index (χ1) is 16.5. The molecule has 0 saturated carbocycles. The van der Waals surface area contributed by atoms with Gasteiger partial charge < -0.3 is 4.74 Å². The fraction of sp³-hybridized carbons (Fsp3) is 0.133. The number of aryl methyl sites for hydroxylation is 1. The number of ether oxygens (including phenoxy) is 1. The van der Waals surface area contributed by atoms with Gasteiger partial charge in [-0.1, -0.05) is 43.3 Å². The average molecular weight is 466 g/mol. The third-order valence-electron chi connectivity index (χ3n) is 6.10. The first-order valence-corrected chi connectivity index (χ1v) is 12.6. The Morgan fingerprint density at radius 3 is 2.18 bits per heavy atom. The fourth-order valence-electron chi connectivity index (χ4n) is 4.16. The molecule has 0 aliphatic carbocycles. The summed E-state index contributed by atoms with van der Waals surface area (Å²) in [7, 11) is -0.440. The second kappa shape index (κ2) is 9.24. The number of benzene rings is 4. The van der Waals surface area contributed by atoms with Gasteiger partial charge in [0.15, 0.2) is 20.1 Å². The van der Waals surface area contributed by atoms with Crippen LogP contribution in [-0.4, -0.2) is 5.78 Å². The Bertz CT molecular complexity index is 1560. The summed E-state index contributed by atoms with van der Waals surface area (Å²) in [4.78, 5) is 26.3. The summed E-state index contributed by atoms with van der Waals surface area (Å²) < 4.78 is 7.99. The van der Waals surface area contributed by atoms with Gasteiger partial charge in [0.1, 0.15) is 12.4 Å². The minimum Gasteiger partial charge on any atom is -0.489 e. The lowest BCUT2D eigenvalue weighted by molar-refractivity contribution is 0.101. The second-order valence-electron chi connectivity index (χ2n) is 8.33. The smallest absolute Gasteiger partial charge is 0.204 e. The Balaban J connectivity index is 1.54. The molecule has 0 aliphatic heterocycles. The van der Waals surface area contributed by atoms with Crippen molar-refractivity contribution >= 4 is 36.4 Å². The maximum absolute atomic E-state index is 13.2. The molecule has 0 amide bonds. The van der Waals surface area contributed by atoms with E-state index < -0.39 is 10.5 Å². The molecule has 0 N–H and O–H groups in total. The zero-order chi connectivity index (χ0) is 23.7. The van der Waals surface area contributed by atoms with Crippen LogP contribution in [0.15, 0.2) is 95.8 Å². The van der Waals surface area contributed by atoms with E-state index >= 15 is 0 Å². The maximum Gasteiger partial charge on any atom is 0.204 e. The first-order valence-electron chi connectivity index (χ1n) is 11.4. The molecular formula is C30H25O3S+. The van der Waals surface area contributed by atoms with Crippen LogP contribution < -0.4 is 10.2 Å². The van der Waals surface area contributed by atoms with Crippen LogP contribution in [0.2, 0.25) is 0 Å². The van der Waals surface area contributed by atoms with Crippen molar-refractivity contribution < 1.29 is 9.53 Å². The van der Waals surface area contributed by atoms with Crippen LogP contribution in [0.5, 0.6) is 5.75 Å². The molecule has 5 aromatic rings. The van der Waals surface area contributed by atoms with Gasteiger partial charge in [0.25, 0.3) is 0 Å². The molecule has 168 valence electrons. The molecule has 1 atom stereocenters. The molecule has 1 aromatic heterocycles. The Labute approximate surface area is 201 Å². The molecule has 34 heavy (non-hydrogen) atoms. The number of carbonyl (C=O) groups excluding carboxylic acids is 1. The number of ketones is 1. The van der Waals surface area contributed by atoms with E-state index in [4.69, 9.17) is 4.74 Å². The van der Waals surface area contributed by atoms with Crippen molar-refractivity contribution in [1.29, 1.82) is 0 Å². The molecule has 0 bridgehead atoms. The van der Waals surface area contributed by atoms with Crippen LogP contribution in [-0.2, 0) is 13.0 Å². The third-order valence-corrected chi connectivity index (χ3v) is 8.43. The molecule has 5 rings (SSSR count). The average Bonchev–Trinajstić information content (AvgIpc) is 2.88. The maximum atomic E-state index is 13.2. The lowest BCUT2D eigenvalue weighted by Crippen LogP contribution is -2.04. The lowest BCUT2D eigenvalue weighted by atomic mass is 10.1. The van der Waals surface area contributed by atoms with Crippen molar-refractivity contribution in [3.8, 4) is 10.6 Å². The highest BCUT2D eigenvalue weighted by molar-refractivity contribution is 7.49. The molecule has 4 aromatic carbocycles. The SMILES string of the molecule is CCc1ccc(COc2ccc(-[s+]3c4ccccc4c(=O)c4cc(C(C)=O)ccc43)cc2)cc1. The van der Waals surface area contributed by atoms with Crippen molar-refractivity contribution in [3.63, 3.8) is 0 Å². The number of Topliss-reactive ketones (excluding diaryl/α,β-unsaturated/α-hetero) is 1. The Kier molecular flexibility index (Phi) is 5.99. The predicted octanol–water partition coefficient (Wildman–Crippen LogP) is 7.44. The quantitative estimate of drug-likeness (QED) is 0.149. The first kappa shape index (κ1) is 22.1. The molecule has 0 fully saturated rings. The van der Waals surface area contributed by atoms with Crippen molar-refractivity contribution in [2.45, 2.75) is 26.9 Å². The summed E-state index contributed by atoms with van der Waals surface area (Å²) in [5.74, 6) is 0.764. The molecule has 0 radical (unpaired) electrons.